The van der Waals surface area contributed by atoms with E-state index in [4.69, 9.17) is 10.2 Å². The average Bonchev–Trinajstić information content (AvgIpc) is 2.39. The minimum absolute atomic E-state index is 0.0473. The molecule has 0 saturated heterocycles. The highest BCUT2D eigenvalue weighted by molar-refractivity contribution is 5.44. The molecule has 2 aromatic carbocycles. The molecule has 2 N–H and O–H groups in total. The molecule has 0 spiro atoms. The average molecular weight is 224 g/mol. The molecule has 0 heterocycles. The second-order valence-electron chi connectivity index (χ2n) is 3.65. The predicted molar refractivity (Wildman–Crippen MR) is 66.5 cm³/mol. The Hall–Kier alpha value is -2.24. The van der Waals surface area contributed by atoms with Crippen LogP contribution in [-0.4, -0.2) is 10.2 Å². The Morgan fingerprint density at radius 2 is 1.24 bits per heavy atom. The van der Waals surface area contributed by atoms with Crippen LogP contribution in [0.2, 0.25) is 0 Å². The van der Waals surface area contributed by atoms with Crippen molar-refractivity contribution in [3.05, 3.63) is 65.2 Å². The number of benzene rings is 2. The van der Waals surface area contributed by atoms with Crippen LogP contribution in [0.15, 0.2) is 48.5 Å². The summed E-state index contributed by atoms with van der Waals surface area (Å²) in [6.45, 7) is 0.0473. The van der Waals surface area contributed by atoms with Gasteiger partial charge in [-0.2, -0.15) is 0 Å². The predicted octanol–water partition coefficient (Wildman–Crippen LogP) is 2.28. The first-order valence-corrected chi connectivity index (χ1v) is 5.29. The molecule has 2 rings (SSSR count). The summed E-state index contributed by atoms with van der Waals surface area (Å²) in [6.07, 6.45) is 0. The van der Waals surface area contributed by atoms with E-state index in [0.717, 1.165) is 16.7 Å². The summed E-state index contributed by atoms with van der Waals surface area (Å²) in [5.74, 6) is 6.26. The van der Waals surface area contributed by atoms with Crippen LogP contribution in [0.1, 0.15) is 16.7 Å². The molecule has 0 atom stereocenters. The van der Waals surface area contributed by atoms with Crippen LogP contribution in [0.25, 0.3) is 0 Å². The zero-order valence-corrected chi connectivity index (χ0v) is 9.22. The highest BCUT2D eigenvalue weighted by Crippen LogP contribution is 2.09. The van der Waals surface area contributed by atoms with Crippen molar-refractivity contribution in [2.75, 3.05) is 0 Å². The van der Waals surface area contributed by atoms with Crippen molar-refractivity contribution in [1.82, 2.24) is 0 Å². The van der Waals surface area contributed by atoms with Crippen LogP contribution < -0.4 is 0 Å². The number of hydrogen-bond donors (Lipinski definition) is 2. The van der Waals surface area contributed by atoms with Gasteiger partial charge in [-0.25, -0.2) is 0 Å². The fourth-order valence-corrected chi connectivity index (χ4v) is 1.38. The number of hydrogen-bond acceptors (Lipinski definition) is 2. The van der Waals surface area contributed by atoms with E-state index in [0.29, 0.717) is 0 Å². The molecule has 2 heteroatoms. The van der Waals surface area contributed by atoms with E-state index in [1.165, 1.54) is 0 Å². The van der Waals surface area contributed by atoms with Crippen LogP contribution in [0, 0.1) is 11.8 Å². The number of aliphatic hydroxyl groups is 1. The standard InChI is InChI=1S/C15H12O2/c16-11-14-5-3-12(4-6-14)1-2-13-7-9-15(17)10-8-13/h3-10,16-17H,11H2. The minimum atomic E-state index is 0.0473. The van der Waals surface area contributed by atoms with E-state index >= 15 is 0 Å². The van der Waals surface area contributed by atoms with Gasteiger partial charge in [-0.15, -0.1) is 0 Å². The number of phenolic OH excluding ortho intramolecular Hbond substituents is 1. The molecule has 0 aliphatic rings. The number of aromatic hydroxyl groups is 1. The summed E-state index contributed by atoms with van der Waals surface area (Å²) in [4.78, 5) is 0. The van der Waals surface area contributed by atoms with Gasteiger partial charge in [-0.1, -0.05) is 24.0 Å². The lowest BCUT2D eigenvalue weighted by Crippen LogP contribution is -1.82. The molecule has 84 valence electrons. The first kappa shape index (κ1) is 11.3. The summed E-state index contributed by atoms with van der Waals surface area (Å²) >= 11 is 0. The van der Waals surface area contributed by atoms with Gasteiger partial charge in [0, 0.05) is 11.1 Å². The van der Waals surface area contributed by atoms with E-state index in [9.17, 15) is 0 Å². The summed E-state index contributed by atoms with van der Waals surface area (Å²) in [5.41, 5.74) is 2.63. The van der Waals surface area contributed by atoms with Crippen molar-refractivity contribution < 1.29 is 10.2 Å². The Balaban J connectivity index is 2.17. The van der Waals surface area contributed by atoms with Crippen molar-refractivity contribution in [2.45, 2.75) is 6.61 Å². The largest absolute Gasteiger partial charge is 0.508 e. The SMILES string of the molecule is OCc1ccc(C#Cc2ccc(O)cc2)cc1. The Bertz CT molecular complexity index is 542. The Morgan fingerprint density at radius 1 is 0.765 bits per heavy atom. The summed E-state index contributed by atoms with van der Waals surface area (Å²) < 4.78 is 0. The Labute approximate surface area is 100 Å². The lowest BCUT2D eigenvalue weighted by molar-refractivity contribution is 0.282. The van der Waals surface area contributed by atoms with Crippen molar-refractivity contribution in [1.29, 1.82) is 0 Å². The van der Waals surface area contributed by atoms with Gasteiger partial charge in [-0.3, -0.25) is 0 Å². The maximum absolute atomic E-state index is 9.13. The number of aliphatic hydroxyl groups excluding tert-OH is 1. The van der Waals surface area contributed by atoms with Crippen LogP contribution in [0.5, 0.6) is 5.75 Å². The maximum Gasteiger partial charge on any atom is 0.115 e. The molecule has 2 nitrogen and oxygen atoms in total. The van der Waals surface area contributed by atoms with Gasteiger partial charge < -0.3 is 10.2 Å². The van der Waals surface area contributed by atoms with E-state index in [-0.39, 0.29) is 12.4 Å². The highest BCUT2D eigenvalue weighted by atomic mass is 16.3. The molecule has 17 heavy (non-hydrogen) atoms. The Kier molecular flexibility index (Phi) is 3.44. The third-order valence-corrected chi connectivity index (χ3v) is 2.35. The summed E-state index contributed by atoms with van der Waals surface area (Å²) in [6, 6.07) is 14.2. The highest BCUT2D eigenvalue weighted by Gasteiger charge is 1.90. The number of rotatable bonds is 1. The molecule has 0 aliphatic carbocycles. The third-order valence-electron chi connectivity index (χ3n) is 2.35. The molecule has 0 aromatic heterocycles. The van der Waals surface area contributed by atoms with Crippen molar-refractivity contribution >= 4 is 0 Å². The topological polar surface area (TPSA) is 40.5 Å². The third kappa shape index (κ3) is 3.10. The molecule has 0 saturated carbocycles. The molecule has 0 fully saturated rings. The van der Waals surface area contributed by atoms with Gasteiger partial charge in [0.25, 0.3) is 0 Å². The lowest BCUT2D eigenvalue weighted by Gasteiger charge is -1.95. The van der Waals surface area contributed by atoms with Crippen molar-refractivity contribution in [3.63, 3.8) is 0 Å². The first-order chi connectivity index (χ1) is 8.28. The number of phenols is 1. The van der Waals surface area contributed by atoms with E-state index in [2.05, 4.69) is 11.8 Å². The van der Waals surface area contributed by atoms with Gasteiger partial charge in [0.15, 0.2) is 0 Å². The van der Waals surface area contributed by atoms with Gasteiger partial charge in [0.2, 0.25) is 0 Å². The zero-order valence-electron chi connectivity index (χ0n) is 9.22. The monoisotopic (exact) mass is 224 g/mol. The van der Waals surface area contributed by atoms with Gasteiger partial charge >= 0.3 is 0 Å². The lowest BCUT2D eigenvalue weighted by atomic mass is 10.1. The van der Waals surface area contributed by atoms with Crippen LogP contribution >= 0.6 is 0 Å². The fraction of sp³-hybridized carbons (Fsp3) is 0.0667. The normalized spacial score (nSPS) is 9.47. The summed E-state index contributed by atoms with van der Waals surface area (Å²) in [7, 11) is 0. The summed E-state index contributed by atoms with van der Waals surface area (Å²) in [5, 5.41) is 18.0. The maximum atomic E-state index is 9.13. The van der Waals surface area contributed by atoms with Gasteiger partial charge in [-0.05, 0) is 42.0 Å². The van der Waals surface area contributed by atoms with Gasteiger partial charge in [0.05, 0.1) is 6.61 Å². The van der Waals surface area contributed by atoms with E-state index in [1.54, 1.807) is 24.3 Å². The molecule has 0 radical (unpaired) electrons. The Morgan fingerprint density at radius 3 is 1.71 bits per heavy atom. The molecule has 0 aliphatic heterocycles. The zero-order chi connectivity index (χ0) is 12.1. The quantitative estimate of drug-likeness (QED) is 0.729. The van der Waals surface area contributed by atoms with Gasteiger partial charge in [0.1, 0.15) is 5.75 Å². The fourth-order valence-electron chi connectivity index (χ4n) is 1.38. The van der Waals surface area contributed by atoms with Crippen LogP contribution in [0.3, 0.4) is 0 Å². The minimum Gasteiger partial charge on any atom is -0.508 e. The molecule has 0 unspecified atom stereocenters. The van der Waals surface area contributed by atoms with E-state index in [1.807, 2.05) is 24.3 Å². The van der Waals surface area contributed by atoms with Crippen LogP contribution in [0.4, 0.5) is 0 Å². The molecule has 0 bridgehead atoms. The van der Waals surface area contributed by atoms with Crippen molar-refractivity contribution in [3.8, 4) is 17.6 Å². The molecule has 0 amide bonds. The second kappa shape index (κ2) is 5.20. The molecular formula is C15H12O2. The van der Waals surface area contributed by atoms with Crippen molar-refractivity contribution in [2.24, 2.45) is 0 Å². The molecular weight excluding hydrogens is 212 g/mol. The first-order valence-electron chi connectivity index (χ1n) is 5.29. The van der Waals surface area contributed by atoms with Crippen LogP contribution in [-0.2, 0) is 6.61 Å². The van der Waals surface area contributed by atoms with E-state index < -0.39 is 0 Å². The smallest absolute Gasteiger partial charge is 0.115 e. The molecule has 2 aromatic rings. The second-order valence-corrected chi connectivity index (χ2v) is 3.65.